The van der Waals surface area contributed by atoms with E-state index in [1.165, 1.54) is 9.88 Å². The number of aromatic nitrogens is 1. The van der Waals surface area contributed by atoms with E-state index in [0.29, 0.717) is 11.5 Å². The SMILES string of the molecule is COc1ccc(C(=O)CCC(=O)N2CCC(c3nc(C)c(C)s3)CC2)cc1. The van der Waals surface area contributed by atoms with Gasteiger partial charge in [0, 0.05) is 42.3 Å². The molecule has 1 amide bonds. The van der Waals surface area contributed by atoms with Crippen LogP contribution in [0.1, 0.15) is 57.5 Å². The maximum atomic E-state index is 12.5. The lowest BCUT2D eigenvalue weighted by Crippen LogP contribution is -2.38. The normalized spacial score (nSPS) is 15.0. The molecular formula is C21H26N2O3S. The average molecular weight is 387 g/mol. The predicted octanol–water partition coefficient (Wildman–Crippen LogP) is 4.14. The minimum Gasteiger partial charge on any atom is -0.497 e. The molecule has 144 valence electrons. The van der Waals surface area contributed by atoms with Crippen LogP contribution in [0.25, 0.3) is 0 Å². The molecule has 1 saturated heterocycles. The highest BCUT2D eigenvalue weighted by molar-refractivity contribution is 7.11. The Kier molecular flexibility index (Phi) is 6.26. The molecule has 0 saturated carbocycles. The minimum atomic E-state index is -0.00498. The lowest BCUT2D eigenvalue weighted by atomic mass is 9.97. The molecule has 6 heteroatoms. The first-order valence-electron chi connectivity index (χ1n) is 9.37. The zero-order valence-corrected chi connectivity index (χ0v) is 17.0. The van der Waals surface area contributed by atoms with Crippen molar-refractivity contribution in [2.75, 3.05) is 20.2 Å². The fourth-order valence-corrected chi connectivity index (χ4v) is 4.44. The van der Waals surface area contributed by atoms with E-state index in [-0.39, 0.29) is 24.5 Å². The second-order valence-corrected chi connectivity index (χ2v) is 8.24. The van der Waals surface area contributed by atoms with Gasteiger partial charge in [0.25, 0.3) is 0 Å². The molecule has 0 radical (unpaired) electrons. The Bertz CT molecular complexity index is 786. The number of nitrogens with zero attached hydrogens (tertiary/aromatic N) is 2. The maximum Gasteiger partial charge on any atom is 0.223 e. The number of hydrogen-bond acceptors (Lipinski definition) is 5. The van der Waals surface area contributed by atoms with Crippen molar-refractivity contribution in [1.82, 2.24) is 9.88 Å². The van der Waals surface area contributed by atoms with Gasteiger partial charge < -0.3 is 9.64 Å². The van der Waals surface area contributed by atoms with Crippen LogP contribution in [0.4, 0.5) is 0 Å². The molecule has 5 nitrogen and oxygen atoms in total. The van der Waals surface area contributed by atoms with Crippen molar-refractivity contribution in [3.8, 4) is 5.75 Å². The number of ketones is 1. The molecule has 1 fully saturated rings. The highest BCUT2D eigenvalue weighted by atomic mass is 32.1. The fraction of sp³-hybridized carbons (Fsp3) is 0.476. The van der Waals surface area contributed by atoms with Crippen LogP contribution in [0.3, 0.4) is 0 Å². The summed E-state index contributed by atoms with van der Waals surface area (Å²) in [6, 6.07) is 7.02. The molecule has 2 heterocycles. The number of carbonyl (C=O) groups is 2. The van der Waals surface area contributed by atoms with Gasteiger partial charge in [0.2, 0.25) is 5.91 Å². The van der Waals surface area contributed by atoms with E-state index in [1.54, 1.807) is 42.7 Å². The first-order valence-corrected chi connectivity index (χ1v) is 10.2. The van der Waals surface area contributed by atoms with Crippen molar-refractivity contribution in [2.24, 2.45) is 0 Å². The van der Waals surface area contributed by atoms with Crippen molar-refractivity contribution in [1.29, 1.82) is 0 Å². The van der Waals surface area contributed by atoms with Crippen molar-refractivity contribution < 1.29 is 14.3 Å². The third-order valence-corrected chi connectivity index (χ3v) is 6.46. The van der Waals surface area contributed by atoms with Crippen molar-refractivity contribution >= 4 is 23.0 Å². The second kappa shape index (κ2) is 8.65. The highest BCUT2D eigenvalue weighted by Gasteiger charge is 2.26. The number of rotatable bonds is 6. The largest absolute Gasteiger partial charge is 0.497 e. The number of piperidine rings is 1. The molecule has 0 atom stereocenters. The van der Waals surface area contributed by atoms with Gasteiger partial charge >= 0.3 is 0 Å². The van der Waals surface area contributed by atoms with Gasteiger partial charge in [-0.2, -0.15) is 0 Å². The lowest BCUT2D eigenvalue weighted by molar-refractivity contribution is -0.132. The van der Waals surface area contributed by atoms with Crippen molar-refractivity contribution in [2.45, 2.75) is 45.4 Å². The molecular weight excluding hydrogens is 360 g/mol. The summed E-state index contributed by atoms with van der Waals surface area (Å²) < 4.78 is 5.10. The Balaban J connectivity index is 1.47. The molecule has 1 aromatic heterocycles. The zero-order chi connectivity index (χ0) is 19.4. The fourth-order valence-electron chi connectivity index (χ4n) is 3.35. The van der Waals surface area contributed by atoms with Gasteiger partial charge in [-0.3, -0.25) is 9.59 Å². The molecule has 0 aliphatic carbocycles. The predicted molar refractivity (Wildman–Crippen MR) is 107 cm³/mol. The van der Waals surface area contributed by atoms with E-state index < -0.39 is 0 Å². The van der Waals surface area contributed by atoms with Crippen LogP contribution >= 0.6 is 11.3 Å². The summed E-state index contributed by atoms with van der Waals surface area (Å²) in [5.74, 6) is 1.24. The molecule has 0 unspecified atom stereocenters. The van der Waals surface area contributed by atoms with Gasteiger partial charge in [-0.15, -0.1) is 11.3 Å². The number of ether oxygens (including phenoxy) is 1. The minimum absolute atomic E-state index is 0.00498. The summed E-state index contributed by atoms with van der Waals surface area (Å²) in [5.41, 5.74) is 1.74. The van der Waals surface area contributed by atoms with Crippen molar-refractivity contribution in [3.05, 3.63) is 45.4 Å². The van der Waals surface area contributed by atoms with Gasteiger partial charge in [-0.1, -0.05) is 0 Å². The van der Waals surface area contributed by atoms with Crippen LogP contribution in [0.15, 0.2) is 24.3 Å². The van der Waals surface area contributed by atoms with Gasteiger partial charge in [0.05, 0.1) is 17.8 Å². The number of amides is 1. The quantitative estimate of drug-likeness (QED) is 0.700. The lowest BCUT2D eigenvalue weighted by Gasteiger charge is -2.31. The second-order valence-electron chi connectivity index (χ2n) is 7.00. The number of thiazole rings is 1. The van der Waals surface area contributed by atoms with Gasteiger partial charge in [0.1, 0.15) is 5.75 Å². The van der Waals surface area contributed by atoms with E-state index in [0.717, 1.165) is 37.4 Å². The Morgan fingerprint density at radius 2 is 1.81 bits per heavy atom. The molecule has 1 aromatic carbocycles. The average Bonchev–Trinajstić information content (AvgIpc) is 3.04. The third-order valence-electron chi connectivity index (χ3n) is 5.22. The Morgan fingerprint density at radius 3 is 2.37 bits per heavy atom. The first-order chi connectivity index (χ1) is 13.0. The van der Waals surface area contributed by atoms with Crippen LogP contribution in [0, 0.1) is 13.8 Å². The van der Waals surface area contributed by atoms with Gasteiger partial charge in [-0.25, -0.2) is 4.98 Å². The van der Waals surface area contributed by atoms with Crippen LogP contribution in [-0.4, -0.2) is 41.8 Å². The summed E-state index contributed by atoms with van der Waals surface area (Å²) in [6.45, 7) is 5.65. The number of likely N-dealkylation sites (tertiary alicyclic amines) is 1. The van der Waals surface area contributed by atoms with E-state index in [1.807, 2.05) is 11.8 Å². The van der Waals surface area contributed by atoms with Gasteiger partial charge in [-0.05, 0) is 51.0 Å². The highest BCUT2D eigenvalue weighted by Crippen LogP contribution is 2.32. The molecule has 2 aromatic rings. The Hall–Kier alpha value is -2.21. The van der Waals surface area contributed by atoms with E-state index in [4.69, 9.17) is 4.74 Å². The number of Topliss-reactive ketones (excluding diaryl/α,β-unsaturated/α-hetero) is 1. The summed E-state index contributed by atoms with van der Waals surface area (Å²) in [5, 5.41) is 1.20. The van der Waals surface area contributed by atoms with Crippen LogP contribution in [-0.2, 0) is 4.79 Å². The number of aryl methyl sites for hydroxylation is 2. The molecule has 0 bridgehead atoms. The topological polar surface area (TPSA) is 59.5 Å². The van der Waals surface area contributed by atoms with Crippen LogP contribution in [0.5, 0.6) is 5.75 Å². The molecule has 0 spiro atoms. The monoisotopic (exact) mass is 386 g/mol. The standard InChI is InChI=1S/C21H26N2O3S/c1-14-15(2)27-21(22-14)17-10-12-23(13-11-17)20(25)9-8-19(24)16-4-6-18(26-3)7-5-16/h4-7,17H,8-13H2,1-3H3. The van der Waals surface area contributed by atoms with Crippen LogP contribution in [0.2, 0.25) is 0 Å². The summed E-state index contributed by atoms with van der Waals surface area (Å²) in [7, 11) is 1.59. The molecule has 0 N–H and O–H groups in total. The number of carbonyl (C=O) groups excluding carboxylic acids is 2. The summed E-state index contributed by atoms with van der Waals surface area (Å²) in [4.78, 5) is 32.6. The number of benzene rings is 1. The van der Waals surface area contributed by atoms with E-state index >= 15 is 0 Å². The van der Waals surface area contributed by atoms with Crippen LogP contribution < -0.4 is 4.74 Å². The summed E-state index contributed by atoms with van der Waals surface area (Å²) in [6.07, 6.45) is 2.41. The third kappa shape index (κ3) is 4.75. The maximum absolute atomic E-state index is 12.5. The number of hydrogen-bond donors (Lipinski definition) is 0. The van der Waals surface area contributed by atoms with E-state index in [2.05, 4.69) is 11.9 Å². The van der Waals surface area contributed by atoms with E-state index in [9.17, 15) is 9.59 Å². The summed E-state index contributed by atoms with van der Waals surface area (Å²) >= 11 is 1.78. The molecule has 1 aliphatic heterocycles. The molecule has 3 rings (SSSR count). The Labute approximate surface area is 164 Å². The van der Waals surface area contributed by atoms with Gasteiger partial charge in [0.15, 0.2) is 5.78 Å². The molecule has 1 aliphatic rings. The first kappa shape index (κ1) is 19.5. The van der Waals surface area contributed by atoms with Crippen molar-refractivity contribution in [3.63, 3.8) is 0 Å². The molecule has 27 heavy (non-hydrogen) atoms. The smallest absolute Gasteiger partial charge is 0.223 e. The number of methoxy groups -OCH3 is 1. The zero-order valence-electron chi connectivity index (χ0n) is 16.2. The Morgan fingerprint density at radius 1 is 1.15 bits per heavy atom.